The van der Waals surface area contributed by atoms with Gasteiger partial charge in [-0.1, -0.05) is 207 Å². The minimum Gasteiger partial charge on any atom is -0.203 e. The number of rotatable bonds is 34. The van der Waals surface area contributed by atoms with Crippen molar-refractivity contribution >= 4 is 26.3 Å². The van der Waals surface area contributed by atoms with Gasteiger partial charge >= 0.3 is 0 Å². The molecule has 1 aromatic rings. The predicted octanol–water partition coefficient (Wildman–Crippen LogP) is 17.2. The zero-order valence-electron chi connectivity index (χ0n) is 35.0. The number of halogens is 4. The summed E-state index contributed by atoms with van der Waals surface area (Å²) >= 11 is -1.45. The molecule has 0 saturated carbocycles. The van der Waals surface area contributed by atoms with Crippen LogP contribution in [0.4, 0.5) is 17.6 Å². The van der Waals surface area contributed by atoms with Crippen LogP contribution in [0.5, 0.6) is 0 Å². The Bertz CT molecular complexity index is 833. The van der Waals surface area contributed by atoms with Crippen LogP contribution in [0.1, 0.15) is 214 Å². The van der Waals surface area contributed by atoms with Crippen LogP contribution in [0, 0.1) is 23.3 Å². The number of unbranched alkanes of at least 4 members (excludes halogenated alkanes) is 24. The van der Waals surface area contributed by atoms with Crippen LogP contribution in [0.25, 0.3) is 0 Å². The van der Waals surface area contributed by atoms with E-state index in [1.54, 1.807) is 60.4 Å². The molecule has 1 rings (SSSR count). The third-order valence-electron chi connectivity index (χ3n) is 11.8. The van der Waals surface area contributed by atoms with Crippen LogP contribution >= 0.6 is 7.92 Å². The van der Waals surface area contributed by atoms with Gasteiger partial charge < -0.3 is 0 Å². The van der Waals surface area contributed by atoms with Gasteiger partial charge in [0.2, 0.25) is 11.6 Å². The molecule has 0 heterocycles. The van der Waals surface area contributed by atoms with E-state index in [2.05, 4.69) is 27.7 Å². The molecule has 302 valence electrons. The molecule has 0 aliphatic heterocycles. The second-order valence-corrected chi connectivity index (χ2v) is 24.9. The average Bonchev–Trinajstić information content (AvgIpc) is 3.13. The van der Waals surface area contributed by atoms with E-state index in [-0.39, 0.29) is 5.30 Å². The van der Waals surface area contributed by atoms with Gasteiger partial charge in [-0.25, -0.2) is 13.2 Å². The molecule has 0 aliphatic rings. The van der Waals surface area contributed by atoms with Crippen molar-refractivity contribution in [3.63, 3.8) is 0 Å². The highest BCUT2D eigenvalue weighted by Gasteiger charge is 2.27. The maximum absolute atomic E-state index is 13.1. The fourth-order valence-electron chi connectivity index (χ4n) is 8.08. The third-order valence-corrected chi connectivity index (χ3v) is 20.6. The lowest BCUT2D eigenvalue weighted by molar-refractivity contribution is 0.412. The summed E-state index contributed by atoms with van der Waals surface area (Å²) in [5, 5.41) is 6.82. The van der Waals surface area contributed by atoms with Gasteiger partial charge in [-0.05, 0) is 6.92 Å². The first-order chi connectivity index (χ1) is 24.7. The van der Waals surface area contributed by atoms with Gasteiger partial charge in [0.05, 0.1) is 12.8 Å². The molecule has 0 amide bonds. The molecule has 6 heteroatoms. The molecule has 0 fully saturated rings. The Labute approximate surface area is 320 Å². The molecule has 0 nitrogen and oxygen atoms in total. The molecule has 0 saturated heterocycles. The van der Waals surface area contributed by atoms with Crippen molar-refractivity contribution in [2.24, 2.45) is 0 Å². The van der Waals surface area contributed by atoms with Crippen molar-refractivity contribution < 1.29 is 17.6 Å². The Morgan fingerprint density at radius 1 is 0.392 bits per heavy atom. The molecule has 1 unspecified atom stereocenters. The van der Waals surface area contributed by atoms with E-state index in [4.69, 9.17) is 0 Å². The monoisotopic (exact) mass is 761 g/mol. The normalized spacial score (nSPS) is 12.3. The summed E-state index contributed by atoms with van der Waals surface area (Å²) in [4.78, 5) is 0. The van der Waals surface area contributed by atoms with E-state index in [1.807, 2.05) is 0 Å². The van der Waals surface area contributed by atoms with Gasteiger partial charge in [0, 0.05) is 14.0 Å². The van der Waals surface area contributed by atoms with Gasteiger partial charge in [-0.3, -0.25) is 0 Å². The molecule has 0 radical (unpaired) electrons. The fourth-order valence-corrected chi connectivity index (χ4v) is 15.7. The number of hydrogen-bond donors (Lipinski definition) is 0. The first-order valence-electron chi connectivity index (χ1n) is 22.6. The SMILES string of the molecule is CCCCCCCC[CH2][Al-]([CH2]CCCCCCCC)([CH2]CCCCCCCC)[CH2]CCCCCCCC.CC[PH+](C)c1cc(F)c(F)c(F)c1F. The molecular weight excluding hydrogens is 674 g/mol. The van der Waals surface area contributed by atoms with E-state index in [0.717, 1.165) is 6.07 Å². The highest BCUT2D eigenvalue weighted by Crippen LogP contribution is 2.35. The van der Waals surface area contributed by atoms with E-state index in [1.165, 1.54) is 154 Å². The summed E-state index contributed by atoms with van der Waals surface area (Å²) < 4.78 is 51.2. The second-order valence-electron chi connectivity index (χ2n) is 16.4. The van der Waals surface area contributed by atoms with Crippen LogP contribution in [0.15, 0.2) is 6.07 Å². The van der Waals surface area contributed by atoms with Crippen LogP contribution in [-0.4, -0.2) is 25.9 Å². The molecular formula is C45H86AlF4P. The zero-order chi connectivity index (χ0) is 38.0. The van der Waals surface area contributed by atoms with Gasteiger partial charge in [-0.15, -0.1) is 0 Å². The Morgan fingerprint density at radius 3 is 0.941 bits per heavy atom. The lowest BCUT2D eigenvalue weighted by Crippen LogP contribution is -2.34. The molecule has 0 spiro atoms. The minimum absolute atomic E-state index is 0.0195. The quantitative estimate of drug-likeness (QED) is 0.0164. The highest BCUT2D eigenvalue weighted by molar-refractivity contribution is 7.64. The smallest absolute Gasteiger partial charge is 0.203 e. The maximum Gasteiger partial charge on any atom is 0.203 e. The molecule has 1 atom stereocenters. The van der Waals surface area contributed by atoms with Crippen LogP contribution < -0.4 is 5.30 Å². The van der Waals surface area contributed by atoms with Crippen LogP contribution in [0.2, 0.25) is 21.1 Å². The Morgan fingerprint density at radius 2 is 0.667 bits per heavy atom. The van der Waals surface area contributed by atoms with Gasteiger partial charge in [0.25, 0.3) is 0 Å². The second kappa shape index (κ2) is 35.6. The van der Waals surface area contributed by atoms with E-state index in [0.29, 0.717) is 6.16 Å². The number of hydrogen-bond acceptors (Lipinski definition) is 0. The molecule has 1 aromatic carbocycles. The maximum atomic E-state index is 13.1. The zero-order valence-corrected chi connectivity index (χ0v) is 37.2. The summed E-state index contributed by atoms with van der Waals surface area (Å²) in [6, 6.07) is 0.755. The molecule has 0 aromatic heterocycles. The van der Waals surface area contributed by atoms with Crippen molar-refractivity contribution in [1.29, 1.82) is 0 Å². The van der Waals surface area contributed by atoms with Crippen molar-refractivity contribution in [2.75, 3.05) is 12.8 Å². The minimum atomic E-state index is -1.74. The molecule has 0 bridgehead atoms. The third kappa shape index (κ3) is 26.4. The van der Waals surface area contributed by atoms with Crippen molar-refractivity contribution in [2.45, 2.75) is 236 Å². The highest BCUT2D eigenvalue weighted by atomic mass is 31.1. The first kappa shape index (κ1) is 50.9. The van der Waals surface area contributed by atoms with Crippen LogP contribution in [0.3, 0.4) is 0 Å². The first-order valence-corrected chi connectivity index (χ1v) is 28.1. The summed E-state index contributed by atoms with van der Waals surface area (Å²) in [5.41, 5.74) is 0. The topological polar surface area (TPSA) is 0 Å². The van der Waals surface area contributed by atoms with Gasteiger partial charge in [0.15, 0.2) is 11.6 Å². The Balaban J connectivity index is 0.00000147. The lowest BCUT2D eigenvalue weighted by Gasteiger charge is -2.37. The Kier molecular flexibility index (Phi) is 35.5. The van der Waals surface area contributed by atoms with Gasteiger partial charge in [-0.2, -0.15) is 25.5 Å². The van der Waals surface area contributed by atoms with E-state index in [9.17, 15) is 17.6 Å². The number of benzene rings is 1. The summed E-state index contributed by atoms with van der Waals surface area (Å²) in [7, 11) is -1.32. The average molecular weight is 761 g/mol. The Hall–Kier alpha value is -0.0975. The van der Waals surface area contributed by atoms with Crippen molar-refractivity contribution in [3.8, 4) is 0 Å². The van der Waals surface area contributed by atoms with E-state index >= 15 is 0 Å². The van der Waals surface area contributed by atoms with Crippen molar-refractivity contribution in [3.05, 3.63) is 29.3 Å². The van der Waals surface area contributed by atoms with Crippen LogP contribution in [-0.2, 0) is 0 Å². The summed E-state index contributed by atoms with van der Waals surface area (Å²) in [5.74, 6) is -6.02. The lowest BCUT2D eigenvalue weighted by atomic mass is 10.1. The summed E-state index contributed by atoms with van der Waals surface area (Å²) in [6.45, 7) is 12.9. The molecule has 0 N–H and O–H groups in total. The molecule has 0 aliphatic carbocycles. The molecule has 51 heavy (non-hydrogen) atoms. The predicted molar refractivity (Wildman–Crippen MR) is 228 cm³/mol. The van der Waals surface area contributed by atoms with Gasteiger partial charge in [0.1, 0.15) is 18.4 Å². The summed E-state index contributed by atoms with van der Waals surface area (Å²) in [6.07, 6.45) is 42.4. The van der Waals surface area contributed by atoms with E-state index < -0.39 is 44.3 Å². The largest absolute Gasteiger partial charge is 0.203 e. The fraction of sp³-hybridized carbons (Fsp3) is 0.867. The van der Waals surface area contributed by atoms with Crippen molar-refractivity contribution in [1.82, 2.24) is 0 Å². The standard InChI is InChI=1S/C9H9F4P.4C9H19.Al/c1-3-14(2)6-4-5(10)7(11)9(13)8(6)12;4*1-3-5-7-9-8-6-4-2;/h4H,3H2,1-2H3;4*1,3-9H2,2H3;/q;;;;;-1/p+1.